The molecule has 3 aromatic rings. The van der Waals surface area contributed by atoms with E-state index < -0.39 is 16.1 Å². The molecule has 1 N–H and O–H groups in total. The van der Waals surface area contributed by atoms with Crippen molar-refractivity contribution in [1.82, 2.24) is 14.3 Å². The summed E-state index contributed by atoms with van der Waals surface area (Å²) in [6.07, 6.45) is 0. The summed E-state index contributed by atoms with van der Waals surface area (Å²) in [4.78, 5) is 4.79. The Hall–Kier alpha value is -1.60. The van der Waals surface area contributed by atoms with Crippen LogP contribution in [0.25, 0.3) is 11.0 Å². The number of nitrogens with zero attached hydrogens (tertiary/aromatic N) is 2. The second-order valence-electron chi connectivity index (χ2n) is 6.10. The van der Waals surface area contributed by atoms with Crippen LogP contribution in [0.4, 0.5) is 0 Å². The maximum absolute atomic E-state index is 12.6. The molecule has 8 heteroatoms. The van der Waals surface area contributed by atoms with Crippen LogP contribution < -0.4 is 4.72 Å². The van der Waals surface area contributed by atoms with Crippen LogP contribution in [0.2, 0.25) is 10.0 Å². The number of aromatic nitrogens is 2. The molecule has 1 aromatic heterocycles. The molecule has 0 radical (unpaired) electrons. The average molecular weight is 412 g/mol. The minimum atomic E-state index is -3.69. The van der Waals surface area contributed by atoms with Crippen LogP contribution in [-0.2, 0) is 16.6 Å². The second-order valence-corrected chi connectivity index (χ2v) is 8.66. The first kappa shape index (κ1) is 19.2. The molecule has 0 aliphatic rings. The van der Waals surface area contributed by atoms with Crippen molar-refractivity contribution in [3.63, 3.8) is 0 Å². The highest BCUT2D eigenvalue weighted by molar-refractivity contribution is 7.89. The fourth-order valence-corrected chi connectivity index (χ4v) is 4.38. The largest absolute Gasteiger partial charge is 0.327 e. The number of hydrogen-bond donors (Lipinski definition) is 1. The SMILES string of the molecule is CCn1c([C@@H](C)NS(=O)(=O)c2ccc(Cl)cc2)nc2cc(C)c(Cl)cc21. The van der Waals surface area contributed by atoms with Gasteiger partial charge >= 0.3 is 0 Å². The summed E-state index contributed by atoms with van der Waals surface area (Å²) in [5.41, 5.74) is 2.61. The molecule has 3 rings (SSSR count). The molecular weight excluding hydrogens is 393 g/mol. The minimum Gasteiger partial charge on any atom is -0.327 e. The van der Waals surface area contributed by atoms with E-state index in [-0.39, 0.29) is 4.90 Å². The first-order valence-electron chi connectivity index (χ1n) is 8.17. The van der Waals surface area contributed by atoms with Gasteiger partial charge in [0.2, 0.25) is 10.0 Å². The van der Waals surface area contributed by atoms with E-state index >= 15 is 0 Å². The summed E-state index contributed by atoms with van der Waals surface area (Å²) in [6.45, 7) is 6.32. The fraction of sp³-hybridized carbons (Fsp3) is 0.278. The standard InChI is InChI=1S/C18H19Cl2N3O2S/c1-4-23-17-10-15(20)11(2)9-16(17)21-18(23)12(3)22-26(24,25)14-7-5-13(19)6-8-14/h5-10,12,22H,4H2,1-3H3/t12-/m1/s1. The highest BCUT2D eigenvalue weighted by atomic mass is 35.5. The fourth-order valence-electron chi connectivity index (χ4n) is 2.90. The molecule has 0 saturated heterocycles. The van der Waals surface area contributed by atoms with Crippen LogP contribution in [0, 0.1) is 6.92 Å². The predicted octanol–water partition coefficient (Wildman–Crippen LogP) is 4.71. The third-order valence-corrected chi connectivity index (χ3v) is 6.43. The van der Waals surface area contributed by atoms with Gasteiger partial charge < -0.3 is 4.57 Å². The van der Waals surface area contributed by atoms with Gasteiger partial charge in [-0.15, -0.1) is 0 Å². The molecule has 26 heavy (non-hydrogen) atoms. The van der Waals surface area contributed by atoms with Crippen LogP contribution in [0.15, 0.2) is 41.3 Å². The third kappa shape index (κ3) is 3.60. The number of aryl methyl sites for hydroxylation is 2. The van der Waals surface area contributed by atoms with Crippen molar-refractivity contribution in [2.45, 2.75) is 38.3 Å². The van der Waals surface area contributed by atoms with Gasteiger partial charge in [-0.25, -0.2) is 18.1 Å². The topological polar surface area (TPSA) is 64.0 Å². The van der Waals surface area contributed by atoms with E-state index in [0.29, 0.717) is 22.4 Å². The highest BCUT2D eigenvalue weighted by Gasteiger charge is 2.23. The Bertz CT molecular complexity index is 1060. The number of sulfonamides is 1. The monoisotopic (exact) mass is 411 g/mol. The molecular formula is C18H19Cl2N3O2S. The lowest BCUT2D eigenvalue weighted by molar-refractivity contribution is 0.549. The lowest BCUT2D eigenvalue weighted by Crippen LogP contribution is -2.28. The molecule has 0 fully saturated rings. The van der Waals surface area contributed by atoms with Crippen molar-refractivity contribution in [3.05, 3.63) is 57.8 Å². The van der Waals surface area contributed by atoms with Gasteiger partial charge in [-0.1, -0.05) is 23.2 Å². The molecule has 0 aliphatic carbocycles. The highest BCUT2D eigenvalue weighted by Crippen LogP contribution is 2.27. The zero-order valence-electron chi connectivity index (χ0n) is 14.6. The van der Waals surface area contributed by atoms with Crippen molar-refractivity contribution < 1.29 is 8.42 Å². The molecule has 0 aliphatic heterocycles. The summed E-state index contributed by atoms with van der Waals surface area (Å²) in [5, 5.41) is 1.14. The molecule has 1 atom stereocenters. The molecule has 0 unspecified atom stereocenters. The average Bonchev–Trinajstić information content (AvgIpc) is 2.93. The molecule has 0 bridgehead atoms. The zero-order chi connectivity index (χ0) is 19.1. The zero-order valence-corrected chi connectivity index (χ0v) is 17.0. The maximum Gasteiger partial charge on any atom is 0.241 e. The first-order valence-corrected chi connectivity index (χ1v) is 10.4. The van der Waals surface area contributed by atoms with E-state index in [1.165, 1.54) is 12.1 Å². The molecule has 5 nitrogen and oxygen atoms in total. The molecule has 0 spiro atoms. The minimum absolute atomic E-state index is 0.159. The van der Waals surface area contributed by atoms with Gasteiger partial charge in [0.1, 0.15) is 5.82 Å². The first-order chi connectivity index (χ1) is 12.2. The number of fused-ring (bicyclic) bond motifs is 1. The van der Waals surface area contributed by atoms with E-state index in [9.17, 15) is 8.42 Å². The number of rotatable bonds is 5. The summed E-state index contributed by atoms with van der Waals surface area (Å²) >= 11 is 12.1. The Balaban J connectivity index is 1.99. The predicted molar refractivity (Wildman–Crippen MR) is 105 cm³/mol. The van der Waals surface area contributed by atoms with E-state index in [1.54, 1.807) is 19.1 Å². The Kier molecular flexibility index (Phi) is 5.30. The molecule has 2 aromatic carbocycles. The van der Waals surface area contributed by atoms with Crippen LogP contribution in [0.3, 0.4) is 0 Å². The Labute approximate surface area is 163 Å². The molecule has 0 saturated carbocycles. The summed E-state index contributed by atoms with van der Waals surface area (Å²) in [7, 11) is -3.69. The number of hydrogen-bond acceptors (Lipinski definition) is 3. The van der Waals surface area contributed by atoms with Crippen LogP contribution in [-0.4, -0.2) is 18.0 Å². The van der Waals surface area contributed by atoms with E-state index in [0.717, 1.165) is 16.6 Å². The molecule has 0 amide bonds. The Morgan fingerprint density at radius 1 is 1.19 bits per heavy atom. The van der Waals surface area contributed by atoms with Crippen molar-refractivity contribution in [1.29, 1.82) is 0 Å². The van der Waals surface area contributed by atoms with Crippen molar-refractivity contribution in [2.24, 2.45) is 0 Å². The second kappa shape index (κ2) is 7.19. The van der Waals surface area contributed by atoms with Gasteiger partial charge in [0, 0.05) is 16.6 Å². The van der Waals surface area contributed by atoms with Crippen LogP contribution in [0.5, 0.6) is 0 Å². The summed E-state index contributed by atoms with van der Waals surface area (Å²) in [6, 6.07) is 9.31. The van der Waals surface area contributed by atoms with E-state index in [2.05, 4.69) is 9.71 Å². The molecule has 138 valence electrons. The lowest BCUT2D eigenvalue weighted by Gasteiger charge is -2.15. The van der Waals surface area contributed by atoms with Crippen molar-refractivity contribution in [3.8, 4) is 0 Å². The lowest BCUT2D eigenvalue weighted by atomic mass is 10.2. The number of halogens is 2. The van der Waals surface area contributed by atoms with Gasteiger partial charge in [0.05, 0.1) is 22.0 Å². The quantitative estimate of drug-likeness (QED) is 0.660. The normalized spacial score (nSPS) is 13.3. The smallest absolute Gasteiger partial charge is 0.241 e. The summed E-state index contributed by atoms with van der Waals surface area (Å²) < 4.78 is 29.9. The third-order valence-electron chi connectivity index (χ3n) is 4.22. The van der Waals surface area contributed by atoms with E-state index in [1.807, 2.05) is 30.5 Å². The Morgan fingerprint density at radius 3 is 2.46 bits per heavy atom. The number of imidazole rings is 1. The van der Waals surface area contributed by atoms with Gasteiger partial charge in [-0.3, -0.25) is 0 Å². The Morgan fingerprint density at radius 2 is 1.85 bits per heavy atom. The number of nitrogens with one attached hydrogen (secondary N) is 1. The van der Waals surface area contributed by atoms with Crippen LogP contribution in [0.1, 0.15) is 31.3 Å². The molecule has 1 heterocycles. The van der Waals surface area contributed by atoms with Gasteiger partial charge in [-0.2, -0.15) is 0 Å². The van der Waals surface area contributed by atoms with Crippen molar-refractivity contribution >= 4 is 44.3 Å². The van der Waals surface area contributed by atoms with E-state index in [4.69, 9.17) is 23.2 Å². The number of benzene rings is 2. The van der Waals surface area contributed by atoms with Gasteiger partial charge in [-0.05, 0) is 62.7 Å². The van der Waals surface area contributed by atoms with Crippen LogP contribution >= 0.6 is 23.2 Å². The summed E-state index contributed by atoms with van der Waals surface area (Å²) in [5.74, 6) is 0.640. The maximum atomic E-state index is 12.6. The van der Waals surface area contributed by atoms with Gasteiger partial charge in [0.15, 0.2) is 0 Å². The van der Waals surface area contributed by atoms with Crippen molar-refractivity contribution in [2.75, 3.05) is 0 Å². The van der Waals surface area contributed by atoms with Gasteiger partial charge in [0.25, 0.3) is 0 Å².